The lowest BCUT2D eigenvalue weighted by Gasteiger charge is -2.26. The van der Waals surface area contributed by atoms with Crippen LogP contribution in [0.25, 0.3) is 0 Å². The molecule has 36 heavy (non-hydrogen) atoms. The molecule has 0 spiro atoms. The highest BCUT2D eigenvalue weighted by molar-refractivity contribution is 7.92. The molecule has 2 aromatic carbocycles. The fourth-order valence-corrected chi connectivity index (χ4v) is 4.86. The molecule has 0 aliphatic carbocycles. The van der Waals surface area contributed by atoms with E-state index in [1.807, 2.05) is 0 Å². The van der Waals surface area contributed by atoms with Gasteiger partial charge in [0.15, 0.2) is 0 Å². The van der Waals surface area contributed by atoms with Gasteiger partial charge in [0.2, 0.25) is 5.91 Å². The lowest BCUT2D eigenvalue weighted by molar-refractivity contribution is -0.274. The van der Waals surface area contributed by atoms with E-state index in [0.29, 0.717) is 13.2 Å². The maximum Gasteiger partial charge on any atom is 0.573 e. The summed E-state index contributed by atoms with van der Waals surface area (Å²) >= 11 is 0. The third kappa shape index (κ3) is 8.00. The standard InChI is InChI=1S/C23H27F3N2O7S/c1-2-34-20-12-16(27-22(30)13-19(29)15-5-4-10-33-14-15)8-9-21(20)36(31,32)28-17-6-3-7-18(11-17)35-23(24,25)26/h3,6-9,11-12,15,19,28-29H,2,4-5,10,13-14H2,1H3,(H,27,30). The number of halogens is 3. The maximum atomic E-state index is 13.0. The van der Waals surface area contributed by atoms with Gasteiger partial charge in [-0.3, -0.25) is 9.52 Å². The molecule has 0 aromatic heterocycles. The van der Waals surface area contributed by atoms with Gasteiger partial charge in [-0.1, -0.05) is 6.07 Å². The summed E-state index contributed by atoms with van der Waals surface area (Å²) in [6, 6.07) is 8.25. The Kier molecular flexibility index (Phi) is 9.03. The van der Waals surface area contributed by atoms with Crippen LogP contribution in [0, 0.1) is 5.92 Å². The highest BCUT2D eigenvalue weighted by Crippen LogP contribution is 2.31. The molecule has 1 heterocycles. The second kappa shape index (κ2) is 11.8. The quantitative estimate of drug-likeness (QED) is 0.424. The molecule has 13 heteroatoms. The molecule has 1 saturated heterocycles. The number of hydrogen-bond donors (Lipinski definition) is 3. The Morgan fingerprint density at radius 2 is 2.00 bits per heavy atom. The van der Waals surface area contributed by atoms with Gasteiger partial charge in [0, 0.05) is 30.3 Å². The lowest BCUT2D eigenvalue weighted by atomic mass is 9.94. The zero-order chi connectivity index (χ0) is 26.3. The minimum Gasteiger partial charge on any atom is -0.492 e. The Bertz CT molecular complexity index is 1150. The number of rotatable bonds is 10. The fourth-order valence-electron chi connectivity index (χ4n) is 3.68. The molecule has 2 unspecified atom stereocenters. The summed E-state index contributed by atoms with van der Waals surface area (Å²) in [5.41, 5.74) is 0.0901. The minimum atomic E-state index is -4.93. The van der Waals surface area contributed by atoms with Crippen LogP contribution in [-0.4, -0.2) is 51.7 Å². The topological polar surface area (TPSA) is 123 Å². The summed E-state index contributed by atoms with van der Waals surface area (Å²) in [5.74, 6) is -1.27. The van der Waals surface area contributed by atoms with E-state index >= 15 is 0 Å². The van der Waals surface area contributed by atoms with E-state index in [4.69, 9.17) is 9.47 Å². The Labute approximate surface area is 206 Å². The Morgan fingerprint density at radius 3 is 2.67 bits per heavy atom. The highest BCUT2D eigenvalue weighted by Gasteiger charge is 2.31. The zero-order valence-corrected chi connectivity index (χ0v) is 20.2. The van der Waals surface area contributed by atoms with E-state index in [-0.39, 0.29) is 41.0 Å². The number of aliphatic hydroxyl groups excluding tert-OH is 1. The van der Waals surface area contributed by atoms with Crippen LogP contribution < -0.4 is 19.5 Å². The number of nitrogens with one attached hydrogen (secondary N) is 2. The van der Waals surface area contributed by atoms with Crippen molar-refractivity contribution in [1.29, 1.82) is 0 Å². The molecule has 2 atom stereocenters. The van der Waals surface area contributed by atoms with Gasteiger partial charge >= 0.3 is 6.36 Å². The number of carbonyl (C=O) groups is 1. The molecule has 3 N–H and O–H groups in total. The van der Waals surface area contributed by atoms with Crippen LogP contribution in [0.1, 0.15) is 26.2 Å². The molecule has 1 fully saturated rings. The second-order valence-electron chi connectivity index (χ2n) is 8.07. The van der Waals surface area contributed by atoms with Gasteiger partial charge in [0.05, 0.1) is 31.4 Å². The number of sulfonamides is 1. The van der Waals surface area contributed by atoms with Crippen molar-refractivity contribution in [2.75, 3.05) is 29.9 Å². The number of hydrogen-bond acceptors (Lipinski definition) is 7. The van der Waals surface area contributed by atoms with Crippen molar-refractivity contribution in [3.63, 3.8) is 0 Å². The summed E-state index contributed by atoms with van der Waals surface area (Å²) in [6.07, 6.45) is -4.40. The van der Waals surface area contributed by atoms with E-state index in [9.17, 15) is 31.5 Å². The summed E-state index contributed by atoms with van der Waals surface area (Å²) in [5, 5.41) is 12.9. The normalized spacial score (nSPS) is 17.2. The maximum absolute atomic E-state index is 13.0. The first-order valence-corrected chi connectivity index (χ1v) is 12.7. The molecular weight excluding hydrogens is 505 g/mol. The van der Waals surface area contributed by atoms with E-state index in [2.05, 4.69) is 14.8 Å². The van der Waals surface area contributed by atoms with Crippen LogP contribution in [0.15, 0.2) is 47.4 Å². The van der Waals surface area contributed by atoms with E-state index in [0.717, 1.165) is 25.0 Å². The van der Waals surface area contributed by atoms with Gasteiger partial charge in [-0.15, -0.1) is 13.2 Å². The average Bonchev–Trinajstić information content (AvgIpc) is 2.78. The minimum absolute atomic E-state index is 0.0771. The molecule has 0 bridgehead atoms. The molecule has 0 saturated carbocycles. The first-order chi connectivity index (χ1) is 17.0. The number of anilines is 2. The zero-order valence-electron chi connectivity index (χ0n) is 19.4. The third-order valence-electron chi connectivity index (χ3n) is 5.27. The molecule has 198 valence electrons. The Balaban J connectivity index is 1.73. The van der Waals surface area contributed by atoms with Crippen LogP contribution >= 0.6 is 0 Å². The van der Waals surface area contributed by atoms with Crippen LogP contribution in [0.3, 0.4) is 0 Å². The second-order valence-corrected chi connectivity index (χ2v) is 9.72. The number of alkyl halides is 3. The molecule has 9 nitrogen and oxygen atoms in total. The molecule has 0 radical (unpaired) electrons. The van der Waals surface area contributed by atoms with Crippen LogP contribution in [0.2, 0.25) is 0 Å². The third-order valence-corrected chi connectivity index (χ3v) is 6.69. The van der Waals surface area contributed by atoms with Gasteiger partial charge < -0.3 is 24.6 Å². The number of amides is 1. The number of aliphatic hydroxyl groups is 1. The van der Waals surface area contributed by atoms with E-state index in [1.54, 1.807) is 6.92 Å². The van der Waals surface area contributed by atoms with Crippen molar-refractivity contribution in [3.8, 4) is 11.5 Å². The largest absolute Gasteiger partial charge is 0.573 e. The van der Waals surface area contributed by atoms with Gasteiger partial charge in [-0.2, -0.15) is 0 Å². The van der Waals surface area contributed by atoms with E-state index < -0.39 is 34.1 Å². The first-order valence-electron chi connectivity index (χ1n) is 11.2. The summed E-state index contributed by atoms with van der Waals surface area (Å²) < 4.78 is 80.1. The van der Waals surface area contributed by atoms with Crippen molar-refractivity contribution >= 4 is 27.3 Å². The SMILES string of the molecule is CCOc1cc(NC(=O)CC(O)C2CCCOC2)ccc1S(=O)(=O)Nc1cccc(OC(F)(F)F)c1. The number of carbonyl (C=O) groups excluding carboxylic acids is 1. The summed E-state index contributed by atoms with van der Waals surface area (Å²) in [4.78, 5) is 12.1. The molecule has 2 aromatic rings. The van der Waals surface area contributed by atoms with Gasteiger partial charge in [0.1, 0.15) is 16.4 Å². The molecule has 1 aliphatic rings. The molecule has 1 aliphatic heterocycles. The monoisotopic (exact) mass is 532 g/mol. The van der Waals surface area contributed by atoms with Crippen molar-refractivity contribution < 1.29 is 45.7 Å². The first kappa shape index (κ1) is 27.6. The van der Waals surface area contributed by atoms with Crippen LogP contribution in [0.4, 0.5) is 24.5 Å². The summed E-state index contributed by atoms with van der Waals surface area (Å²) in [7, 11) is -4.28. The van der Waals surface area contributed by atoms with Gasteiger partial charge in [-0.05, 0) is 44.0 Å². The van der Waals surface area contributed by atoms with Crippen molar-refractivity contribution in [3.05, 3.63) is 42.5 Å². The van der Waals surface area contributed by atoms with Crippen molar-refractivity contribution in [2.45, 2.75) is 43.5 Å². The predicted molar refractivity (Wildman–Crippen MR) is 124 cm³/mol. The molecule has 3 rings (SSSR count). The fraction of sp³-hybridized carbons (Fsp3) is 0.435. The average molecular weight is 533 g/mol. The smallest absolute Gasteiger partial charge is 0.492 e. The van der Waals surface area contributed by atoms with Gasteiger partial charge in [-0.25, -0.2) is 8.42 Å². The number of ether oxygens (including phenoxy) is 3. The summed E-state index contributed by atoms with van der Waals surface area (Å²) in [6.45, 7) is 2.76. The highest BCUT2D eigenvalue weighted by atomic mass is 32.2. The van der Waals surface area contributed by atoms with Crippen molar-refractivity contribution in [1.82, 2.24) is 0 Å². The van der Waals surface area contributed by atoms with Gasteiger partial charge in [0.25, 0.3) is 10.0 Å². The van der Waals surface area contributed by atoms with Crippen molar-refractivity contribution in [2.24, 2.45) is 5.92 Å². The number of benzene rings is 2. The van der Waals surface area contributed by atoms with Crippen LogP contribution in [-0.2, 0) is 19.6 Å². The molecule has 1 amide bonds. The Hall–Kier alpha value is -3.03. The lowest BCUT2D eigenvalue weighted by Crippen LogP contribution is -2.32. The predicted octanol–water partition coefficient (Wildman–Crippen LogP) is 3.90. The Morgan fingerprint density at radius 1 is 1.22 bits per heavy atom. The molecular formula is C23H27F3N2O7S. The van der Waals surface area contributed by atoms with Crippen LogP contribution in [0.5, 0.6) is 11.5 Å². The van der Waals surface area contributed by atoms with E-state index in [1.165, 1.54) is 30.3 Å².